The van der Waals surface area contributed by atoms with Crippen LogP contribution in [-0.2, 0) is 9.53 Å². The van der Waals surface area contributed by atoms with E-state index in [1.165, 1.54) is 0 Å². The van der Waals surface area contributed by atoms with Crippen molar-refractivity contribution in [3.63, 3.8) is 0 Å². The van der Waals surface area contributed by atoms with Gasteiger partial charge >= 0.3 is 5.97 Å². The zero-order chi connectivity index (χ0) is 12.3. The Balaban J connectivity index is 2.12. The third kappa shape index (κ3) is 2.93. The number of ether oxygens (including phenoxy) is 1. The Labute approximate surface area is 101 Å². The van der Waals surface area contributed by atoms with Crippen molar-refractivity contribution >= 4 is 11.8 Å². The van der Waals surface area contributed by atoms with Crippen molar-refractivity contribution in [3.8, 4) is 0 Å². The summed E-state index contributed by atoms with van der Waals surface area (Å²) in [5.74, 6) is 0.590. The number of hydrogen-bond acceptors (Lipinski definition) is 5. The zero-order valence-corrected chi connectivity index (χ0v) is 10.2. The minimum Gasteiger partial charge on any atom is -0.465 e. The third-order valence-electron chi connectivity index (χ3n) is 2.72. The average molecular weight is 235 g/mol. The summed E-state index contributed by atoms with van der Waals surface area (Å²) in [4.78, 5) is 22.1. The van der Waals surface area contributed by atoms with E-state index < -0.39 is 0 Å². The lowest BCUT2D eigenvalue weighted by Gasteiger charge is -2.23. The topological polar surface area (TPSA) is 55.3 Å². The van der Waals surface area contributed by atoms with Crippen LogP contribution >= 0.6 is 0 Å². The molecule has 1 fully saturated rings. The fourth-order valence-corrected chi connectivity index (χ4v) is 1.79. The van der Waals surface area contributed by atoms with Crippen molar-refractivity contribution in [2.75, 3.05) is 18.1 Å². The number of rotatable bonds is 5. The Kier molecular flexibility index (Phi) is 3.56. The summed E-state index contributed by atoms with van der Waals surface area (Å²) in [6.45, 7) is 4.39. The second-order valence-corrected chi connectivity index (χ2v) is 4.13. The molecule has 0 saturated heterocycles. The number of esters is 1. The van der Waals surface area contributed by atoms with E-state index in [4.69, 9.17) is 4.74 Å². The van der Waals surface area contributed by atoms with Gasteiger partial charge in [-0.05, 0) is 26.7 Å². The molecule has 1 saturated carbocycles. The Hall–Kier alpha value is -1.65. The Morgan fingerprint density at radius 1 is 1.47 bits per heavy atom. The first kappa shape index (κ1) is 11.8. The van der Waals surface area contributed by atoms with E-state index in [9.17, 15) is 4.79 Å². The molecule has 0 amide bonds. The Morgan fingerprint density at radius 2 is 2.18 bits per heavy atom. The number of aromatic nitrogens is 2. The second kappa shape index (κ2) is 5.12. The molecule has 0 unspecified atom stereocenters. The van der Waals surface area contributed by atoms with Crippen molar-refractivity contribution in [3.05, 3.63) is 18.1 Å². The van der Waals surface area contributed by atoms with Gasteiger partial charge in [0.1, 0.15) is 6.54 Å². The molecule has 1 aliphatic carbocycles. The quantitative estimate of drug-likeness (QED) is 0.720. The maximum absolute atomic E-state index is 11.6. The average Bonchev–Trinajstić information content (AvgIpc) is 3.11. The van der Waals surface area contributed by atoms with Crippen molar-refractivity contribution < 1.29 is 9.53 Å². The second-order valence-electron chi connectivity index (χ2n) is 4.13. The Bertz CT molecular complexity index is 404. The predicted molar refractivity (Wildman–Crippen MR) is 63.8 cm³/mol. The summed E-state index contributed by atoms with van der Waals surface area (Å²) in [5.41, 5.74) is 0.851. The van der Waals surface area contributed by atoms with Crippen LogP contribution in [0.2, 0.25) is 0 Å². The molecule has 1 aromatic rings. The number of anilines is 1. The van der Waals surface area contributed by atoms with Crippen LogP contribution in [0.1, 0.15) is 25.5 Å². The summed E-state index contributed by atoms with van der Waals surface area (Å²) < 4.78 is 4.98. The van der Waals surface area contributed by atoms with Crippen molar-refractivity contribution in [1.82, 2.24) is 9.97 Å². The fourth-order valence-electron chi connectivity index (χ4n) is 1.79. The first-order valence-corrected chi connectivity index (χ1v) is 5.92. The normalized spacial score (nSPS) is 14.5. The van der Waals surface area contributed by atoms with E-state index in [0.29, 0.717) is 12.6 Å². The highest BCUT2D eigenvalue weighted by Gasteiger charge is 2.32. The molecule has 0 spiro atoms. The molecule has 0 radical (unpaired) electrons. The SMILES string of the molecule is CCOC(=O)CN(c1nccnc1C)C1CC1. The highest BCUT2D eigenvalue weighted by atomic mass is 16.5. The van der Waals surface area contributed by atoms with Crippen LogP contribution in [0, 0.1) is 6.92 Å². The van der Waals surface area contributed by atoms with Gasteiger partial charge in [-0.3, -0.25) is 9.78 Å². The largest absolute Gasteiger partial charge is 0.465 e. The van der Waals surface area contributed by atoms with Crippen LogP contribution in [0.25, 0.3) is 0 Å². The minimum absolute atomic E-state index is 0.204. The van der Waals surface area contributed by atoms with Gasteiger partial charge in [-0.15, -0.1) is 0 Å². The van der Waals surface area contributed by atoms with E-state index in [2.05, 4.69) is 9.97 Å². The first-order valence-electron chi connectivity index (χ1n) is 5.92. The molecule has 92 valence electrons. The lowest BCUT2D eigenvalue weighted by molar-refractivity contribution is -0.141. The monoisotopic (exact) mass is 235 g/mol. The van der Waals surface area contributed by atoms with Gasteiger partial charge in [0.2, 0.25) is 0 Å². The van der Waals surface area contributed by atoms with E-state index in [1.54, 1.807) is 12.4 Å². The van der Waals surface area contributed by atoms with E-state index in [1.807, 2.05) is 18.7 Å². The number of carbonyl (C=O) groups excluding carboxylic acids is 1. The van der Waals surface area contributed by atoms with Crippen molar-refractivity contribution in [1.29, 1.82) is 0 Å². The number of hydrogen-bond donors (Lipinski definition) is 0. The number of nitrogens with zero attached hydrogens (tertiary/aromatic N) is 3. The maximum Gasteiger partial charge on any atom is 0.325 e. The molecule has 1 heterocycles. The smallest absolute Gasteiger partial charge is 0.325 e. The molecule has 1 aromatic heterocycles. The highest BCUT2D eigenvalue weighted by Crippen LogP contribution is 2.31. The van der Waals surface area contributed by atoms with Crippen LogP contribution < -0.4 is 4.90 Å². The molecule has 5 heteroatoms. The highest BCUT2D eigenvalue weighted by molar-refractivity contribution is 5.76. The molecular weight excluding hydrogens is 218 g/mol. The summed E-state index contributed by atoms with van der Waals surface area (Å²) in [7, 11) is 0. The van der Waals surface area contributed by atoms with Crippen LogP contribution in [0.5, 0.6) is 0 Å². The van der Waals surface area contributed by atoms with Gasteiger partial charge < -0.3 is 9.64 Å². The lowest BCUT2D eigenvalue weighted by atomic mass is 10.3. The zero-order valence-electron chi connectivity index (χ0n) is 10.2. The first-order chi connectivity index (χ1) is 8.22. The Morgan fingerprint density at radius 3 is 2.76 bits per heavy atom. The van der Waals surface area contributed by atoms with Crippen LogP contribution in [0.3, 0.4) is 0 Å². The van der Waals surface area contributed by atoms with Crippen LogP contribution in [-0.4, -0.2) is 35.1 Å². The molecule has 2 rings (SSSR count). The fraction of sp³-hybridized carbons (Fsp3) is 0.583. The molecule has 0 N–H and O–H groups in total. The van der Waals surface area contributed by atoms with Crippen LogP contribution in [0.4, 0.5) is 5.82 Å². The van der Waals surface area contributed by atoms with E-state index >= 15 is 0 Å². The van der Waals surface area contributed by atoms with Gasteiger partial charge in [-0.25, -0.2) is 4.98 Å². The molecular formula is C12H17N3O2. The van der Waals surface area contributed by atoms with Gasteiger partial charge in [0.05, 0.1) is 12.3 Å². The van der Waals surface area contributed by atoms with Gasteiger partial charge in [0, 0.05) is 18.4 Å². The molecule has 0 bridgehead atoms. The summed E-state index contributed by atoms with van der Waals surface area (Å²) in [6.07, 6.45) is 5.53. The van der Waals surface area contributed by atoms with E-state index in [0.717, 1.165) is 24.4 Å². The molecule has 1 aliphatic rings. The summed E-state index contributed by atoms with van der Waals surface area (Å²) in [5, 5.41) is 0. The van der Waals surface area contributed by atoms with E-state index in [-0.39, 0.29) is 12.5 Å². The van der Waals surface area contributed by atoms with Gasteiger partial charge in [0.15, 0.2) is 5.82 Å². The number of aryl methyl sites for hydroxylation is 1. The number of carbonyl (C=O) groups is 1. The summed E-state index contributed by atoms with van der Waals surface area (Å²) >= 11 is 0. The lowest BCUT2D eigenvalue weighted by Crippen LogP contribution is -2.34. The predicted octanol–water partition coefficient (Wildman–Crippen LogP) is 1.32. The maximum atomic E-state index is 11.6. The molecule has 0 aliphatic heterocycles. The molecule has 17 heavy (non-hydrogen) atoms. The standard InChI is InChI=1S/C12H17N3O2/c1-3-17-11(16)8-15(10-4-5-10)12-9(2)13-6-7-14-12/h6-7,10H,3-5,8H2,1-2H3. The minimum atomic E-state index is -0.204. The third-order valence-corrected chi connectivity index (χ3v) is 2.72. The van der Waals surface area contributed by atoms with Gasteiger partial charge in [-0.1, -0.05) is 0 Å². The van der Waals surface area contributed by atoms with Gasteiger partial charge in [0.25, 0.3) is 0 Å². The molecule has 0 atom stereocenters. The molecule has 0 aromatic carbocycles. The van der Waals surface area contributed by atoms with Gasteiger partial charge in [-0.2, -0.15) is 0 Å². The summed E-state index contributed by atoms with van der Waals surface area (Å²) in [6, 6.07) is 0.412. The van der Waals surface area contributed by atoms with Crippen LogP contribution in [0.15, 0.2) is 12.4 Å². The van der Waals surface area contributed by atoms with Crippen molar-refractivity contribution in [2.24, 2.45) is 0 Å². The molecule has 5 nitrogen and oxygen atoms in total. The van der Waals surface area contributed by atoms with Crippen molar-refractivity contribution in [2.45, 2.75) is 32.7 Å².